The molecule has 8 nitrogen and oxygen atoms in total. The highest BCUT2D eigenvalue weighted by molar-refractivity contribution is 9.10. The van der Waals surface area contributed by atoms with Gasteiger partial charge in [0.25, 0.3) is 5.91 Å². The molecule has 2 aromatic carbocycles. The van der Waals surface area contributed by atoms with Gasteiger partial charge < -0.3 is 24.1 Å². The fourth-order valence-corrected chi connectivity index (χ4v) is 3.16. The number of hydrogen-bond acceptors (Lipinski definition) is 7. The van der Waals surface area contributed by atoms with Gasteiger partial charge in [-0.2, -0.15) is 5.26 Å². The van der Waals surface area contributed by atoms with Crippen LogP contribution in [-0.2, 0) is 4.79 Å². The number of nitrogens with zero attached hydrogens (tertiary/aromatic N) is 2. The number of amides is 1. The molecule has 0 fully saturated rings. The Morgan fingerprint density at radius 2 is 1.97 bits per heavy atom. The molecule has 32 heavy (non-hydrogen) atoms. The first-order valence-corrected chi connectivity index (χ1v) is 10.3. The SMILES string of the molecule is COc1cccc(OCCOc2ccc(/C=C(/C#N)C(=O)Nc3cc(C)on3)cc2Br)c1. The van der Waals surface area contributed by atoms with Crippen molar-refractivity contribution in [3.05, 3.63) is 69.9 Å². The van der Waals surface area contributed by atoms with E-state index < -0.39 is 5.91 Å². The maximum absolute atomic E-state index is 12.3. The maximum atomic E-state index is 12.3. The summed E-state index contributed by atoms with van der Waals surface area (Å²) in [6.45, 7) is 2.38. The highest BCUT2D eigenvalue weighted by Gasteiger charge is 2.12. The van der Waals surface area contributed by atoms with Gasteiger partial charge in [0.05, 0.1) is 11.6 Å². The second-order valence-corrected chi connectivity index (χ2v) is 7.37. The molecule has 3 aromatic rings. The maximum Gasteiger partial charge on any atom is 0.267 e. The molecule has 0 atom stereocenters. The molecular weight excluding hydrogens is 478 g/mol. The summed E-state index contributed by atoms with van der Waals surface area (Å²) in [7, 11) is 1.60. The van der Waals surface area contributed by atoms with Crippen molar-refractivity contribution in [2.45, 2.75) is 6.92 Å². The van der Waals surface area contributed by atoms with E-state index in [1.54, 1.807) is 44.4 Å². The van der Waals surface area contributed by atoms with Crippen molar-refractivity contribution < 1.29 is 23.5 Å². The van der Waals surface area contributed by atoms with E-state index >= 15 is 0 Å². The predicted octanol–water partition coefficient (Wildman–Crippen LogP) is 4.76. The Morgan fingerprint density at radius 1 is 1.19 bits per heavy atom. The van der Waals surface area contributed by atoms with E-state index in [9.17, 15) is 10.1 Å². The molecule has 1 heterocycles. The van der Waals surface area contributed by atoms with Gasteiger partial charge in [-0.3, -0.25) is 4.79 Å². The average Bonchev–Trinajstić information content (AvgIpc) is 3.20. The van der Waals surface area contributed by atoms with E-state index in [0.29, 0.717) is 40.5 Å². The van der Waals surface area contributed by atoms with E-state index in [0.717, 1.165) is 5.75 Å². The molecule has 164 valence electrons. The van der Waals surface area contributed by atoms with Crippen molar-refractivity contribution in [3.63, 3.8) is 0 Å². The van der Waals surface area contributed by atoms with Crippen LogP contribution in [0.4, 0.5) is 5.82 Å². The van der Waals surface area contributed by atoms with Crippen molar-refractivity contribution >= 4 is 33.7 Å². The number of halogens is 1. The predicted molar refractivity (Wildman–Crippen MR) is 122 cm³/mol. The molecule has 0 aliphatic carbocycles. The lowest BCUT2D eigenvalue weighted by Gasteiger charge is -2.11. The Hall–Kier alpha value is -3.77. The van der Waals surface area contributed by atoms with Crippen molar-refractivity contribution in [1.29, 1.82) is 5.26 Å². The van der Waals surface area contributed by atoms with Gasteiger partial charge in [-0.1, -0.05) is 17.3 Å². The summed E-state index contributed by atoms with van der Waals surface area (Å²) >= 11 is 3.45. The molecule has 0 spiro atoms. The number of nitriles is 1. The minimum absolute atomic E-state index is 0.0714. The van der Waals surface area contributed by atoms with Gasteiger partial charge in [-0.25, -0.2) is 0 Å². The van der Waals surface area contributed by atoms with Gasteiger partial charge in [-0.15, -0.1) is 0 Å². The standard InChI is InChI=1S/C23H20BrN3O5/c1-15-10-22(27-32-15)26-23(28)17(14-25)11-16-6-7-21(20(24)12-16)31-9-8-30-19-5-3-4-18(13-19)29-2/h3-7,10-13H,8-9H2,1-2H3,(H,26,27,28)/b17-11-. The van der Waals surface area contributed by atoms with Gasteiger partial charge >= 0.3 is 0 Å². The van der Waals surface area contributed by atoms with Gasteiger partial charge in [0.1, 0.15) is 47.9 Å². The zero-order valence-corrected chi connectivity index (χ0v) is 19.0. The van der Waals surface area contributed by atoms with Gasteiger partial charge in [0.2, 0.25) is 0 Å². The number of carbonyl (C=O) groups excluding carboxylic acids is 1. The molecular formula is C23H20BrN3O5. The van der Waals surface area contributed by atoms with Crippen LogP contribution in [0.15, 0.2) is 63.1 Å². The van der Waals surface area contributed by atoms with Crippen LogP contribution in [0.5, 0.6) is 17.2 Å². The fraction of sp³-hybridized carbons (Fsp3) is 0.174. The molecule has 0 unspecified atom stereocenters. The molecule has 0 saturated heterocycles. The Morgan fingerprint density at radius 3 is 2.66 bits per heavy atom. The fourth-order valence-electron chi connectivity index (χ4n) is 2.65. The molecule has 0 saturated carbocycles. The Kier molecular flexibility index (Phi) is 7.89. The molecule has 1 aromatic heterocycles. The minimum Gasteiger partial charge on any atom is -0.497 e. The lowest BCUT2D eigenvalue weighted by Crippen LogP contribution is -2.13. The number of rotatable bonds is 9. The number of aryl methyl sites for hydroxylation is 1. The Labute approximate surface area is 193 Å². The van der Waals surface area contributed by atoms with Crippen LogP contribution in [0.1, 0.15) is 11.3 Å². The number of ether oxygens (including phenoxy) is 3. The summed E-state index contributed by atoms with van der Waals surface area (Å²) in [6.07, 6.45) is 1.47. The van der Waals surface area contributed by atoms with Crippen molar-refractivity contribution in [3.8, 4) is 23.3 Å². The topological polar surface area (TPSA) is 107 Å². The van der Waals surface area contributed by atoms with Gasteiger partial charge in [0, 0.05) is 12.1 Å². The third kappa shape index (κ3) is 6.36. The number of hydrogen-bond donors (Lipinski definition) is 1. The number of nitrogens with one attached hydrogen (secondary N) is 1. The number of benzene rings is 2. The van der Waals surface area contributed by atoms with Crippen molar-refractivity contribution in [2.24, 2.45) is 0 Å². The second kappa shape index (κ2) is 11.0. The zero-order valence-electron chi connectivity index (χ0n) is 17.4. The lowest BCUT2D eigenvalue weighted by atomic mass is 10.1. The van der Waals surface area contributed by atoms with Crippen LogP contribution in [0, 0.1) is 18.3 Å². The molecule has 0 bridgehead atoms. The first-order chi connectivity index (χ1) is 15.5. The number of anilines is 1. The van der Waals surface area contributed by atoms with E-state index in [1.807, 2.05) is 24.3 Å². The van der Waals surface area contributed by atoms with Crippen LogP contribution in [0.25, 0.3) is 6.08 Å². The summed E-state index contributed by atoms with van der Waals surface area (Å²) in [6, 6.07) is 16.0. The van der Waals surface area contributed by atoms with E-state index in [4.69, 9.17) is 18.7 Å². The second-order valence-electron chi connectivity index (χ2n) is 6.51. The van der Waals surface area contributed by atoms with E-state index in [1.165, 1.54) is 6.08 Å². The highest BCUT2D eigenvalue weighted by Crippen LogP contribution is 2.27. The van der Waals surface area contributed by atoms with Gasteiger partial charge in [-0.05, 0) is 58.8 Å². The van der Waals surface area contributed by atoms with Crippen LogP contribution >= 0.6 is 15.9 Å². The molecule has 0 aliphatic heterocycles. The summed E-state index contributed by atoms with van der Waals surface area (Å²) in [5.41, 5.74) is 0.581. The number of carbonyl (C=O) groups is 1. The zero-order chi connectivity index (χ0) is 22.9. The third-order valence-electron chi connectivity index (χ3n) is 4.15. The Bertz CT molecular complexity index is 1170. The lowest BCUT2D eigenvalue weighted by molar-refractivity contribution is -0.112. The van der Waals surface area contributed by atoms with Crippen LogP contribution in [0.3, 0.4) is 0 Å². The molecule has 0 aliphatic rings. The van der Waals surface area contributed by atoms with E-state index in [2.05, 4.69) is 26.4 Å². The first kappa shape index (κ1) is 22.9. The summed E-state index contributed by atoms with van der Waals surface area (Å²) < 4.78 is 22.1. The summed E-state index contributed by atoms with van der Waals surface area (Å²) in [5.74, 6) is 2.24. The normalized spacial score (nSPS) is 10.9. The number of methoxy groups -OCH3 is 1. The largest absolute Gasteiger partial charge is 0.497 e. The van der Waals surface area contributed by atoms with Crippen LogP contribution in [-0.4, -0.2) is 31.4 Å². The van der Waals surface area contributed by atoms with Crippen molar-refractivity contribution in [1.82, 2.24) is 5.16 Å². The molecule has 3 rings (SSSR count). The highest BCUT2D eigenvalue weighted by atomic mass is 79.9. The average molecular weight is 498 g/mol. The molecule has 0 radical (unpaired) electrons. The summed E-state index contributed by atoms with van der Waals surface area (Å²) in [5, 5.41) is 15.6. The molecule has 1 N–H and O–H groups in total. The quantitative estimate of drug-likeness (QED) is 0.258. The van der Waals surface area contributed by atoms with E-state index in [-0.39, 0.29) is 11.4 Å². The van der Waals surface area contributed by atoms with Crippen LogP contribution in [0.2, 0.25) is 0 Å². The molecule has 1 amide bonds. The summed E-state index contributed by atoms with van der Waals surface area (Å²) in [4.78, 5) is 12.3. The van der Waals surface area contributed by atoms with Crippen LogP contribution < -0.4 is 19.5 Å². The first-order valence-electron chi connectivity index (χ1n) is 9.54. The number of aromatic nitrogens is 1. The minimum atomic E-state index is -0.577. The smallest absolute Gasteiger partial charge is 0.267 e. The van der Waals surface area contributed by atoms with Gasteiger partial charge in [0.15, 0.2) is 5.82 Å². The molecule has 9 heteroatoms. The third-order valence-corrected chi connectivity index (χ3v) is 4.77. The Balaban J connectivity index is 1.57. The monoisotopic (exact) mass is 497 g/mol. The van der Waals surface area contributed by atoms with Crippen molar-refractivity contribution in [2.75, 3.05) is 25.6 Å².